The summed E-state index contributed by atoms with van der Waals surface area (Å²) in [6, 6.07) is 2.51. The van der Waals surface area contributed by atoms with E-state index in [0.717, 1.165) is 17.6 Å². The van der Waals surface area contributed by atoms with Crippen LogP contribution in [0.15, 0.2) is 12.1 Å². The molecule has 5 nitrogen and oxygen atoms in total. The summed E-state index contributed by atoms with van der Waals surface area (Å²) in [5, 5.41) is 17.7. The molecule has 15 heavy (non-hydrogen) atoms. The van der Waals surface area contributed by atoms with Gasteiger partial charge in [0.05, 0.1) is 11.8 Å². The highest BCUT2D eigenvalue weighted by atomic mass is 32.2. The van der Waals surface area contributed by atoms with Gasteiger partial charge in [-0.3, -0.25) is 0 Å². The van der Waals surface area contributed by atoms with E-state index >= 15 is 0 Å². The second-order valence-corrected chi connectivity index (χ2v) is 6.64. The molecule has 0 aliphatic heterocycles. The molecular formula is C7H12BNO4S2. The first-order chi connectivity index (χ1) is 6.79. The van der Waals surface area contributed by atoms with Crippen molar-refractivity contribution in [3.05, 3.63) is 17.0 Å². The third-order valence-electron chi connectivity index (χ3n) is 1.75. The summed E-state index contributed by atoms with van der Waals surface area (Å²) < 4.78 is 22.3. The lowest BCUT2D eigenvalue weighted by Gasteiger charge is -2.06. The first-order valence-corrected chi connectivity index (χ1v) is 7.06. The highest BCUT2D eigenvalue weighted by Gasteiger charge is 2.19. The first-order valence-electron chi connectivity index (χ1n) is 4.18. The monoisotopic (exact) mass is 249 g/mol. The molecule has 8 heteroatoms. The van der Waals surface area contributed by atoms with E-state index in [1.54, 1.807) is 6.07 Å². The van der Waals surface area contributed by atoms with E-state index in [1.165, 1.54) is 6.07 Å². The molecule has 1 aromatic heterocycles. The summed E-state index contributed by atoms with van der Waals surface area (Å²) in [5.74, 6) is -0.144. The van der Waals surface area contributed by atoms with Crippen LogP contribution < -0.4 is 10.5 Å². The number of sulfone groups is 1. The lowest BCUT2D eigenvalue weighted by molar-refractivity contribution is 0.427. The van der Waals surface area contributed by atoms with E-state index in [9.17, 15) is 8.42 Å². The molecule has 0 spiro atoms. The van der Waals surface area contributed by atoms with Crippen molar-refractivity contribution in [1.29, 1.82) is 0 Å². The predicted molar refractivity (Wildman–Crippen MR) is 60.8 cm³/mol. The van der Waals surface area contributed by atoms with Crippen LogP contribution in [0.3, 0.4) is 0 Å². The molecular weight excluding hydrogens is 237 g/mol. The smallest absolute Gasteiger partial charge is 0.423 e. The van der Waals surface area contributed by atoms with Gasteiger partial charge in [0.15, 0.2) is 0 Å². The van der Waals surface area contributed by atoms with Gasteiger partial charge in [0, 0.05) is 15.9 Å². The standard InChI is InChI=1S/C7H12BNO4S2/c1-15(12,13)4-5(9)6-2-3-7(14-6)8(10)11/h2-3,5,10-11H,4,9H2,1H3. The summed E-state index contributed by atoms with van der Waals surface area (Å²) in [5.41, 5.74) is 5.66. The molecule has 0 amide bonds. The lowest BCUT2D eigenvalue weighted by atomic mass is 9.90. The molecule has 4 N–H and O–H groups in total. The lowest BCUT2D eigenvalue weighted by Crippen LogP contribution is -2.26. The summed E-state index contributed by atoms with van der Waals surface area (Å²) in [6.07, 6.45) is 1.11. The Morgan fingerprint density at radius 1 is 1.53 bits per heavy atom. The van der Waals surface area contributed by atoms with Crippen LogP contribution in [0.25, 0.3) is 0 Å². The third-order valence-corrected chi connectivity index (χ3v) is 3.97. The highest BCUT2D eigenvalue weighted by molar-refractivity contribution is 7.90. The van der Waals surface area contributed by atoms with Crippen LogP contribution in [0, 0.1) is 0 Å². The molecule has 0 aromatic carbocycles. The van der Waals surface area contributed by atoms with Crippen molar-refractivity contribution in [2.45, 2.75) is 6.04 Å². The van der Waals surface area contributed by atoms with Crippen LogP contribution in [0.5, 0.6) is 0 Å². The van der Waals surface area contributed by atoms with Crippen LogP contribution in [0.2, 0.25) is 0 Å². The Hall–Kier alpha value is -0.405. The Kier molecular flexibility index (Phi) is 3.90. The van der Waals surface area contributed by atoms with Gasteiger partial charge in [-0.2, -0.15) is 0 Å². The topological polar surface area (TPSA) is 101 Å². The normalized spacial score (nSPS) is 13.9. The fourth-order valence-corrected chi connectivity index (χ4v) is 2.94. The Bertz CT molecular complexity index is 428. The Morgan fingerprint density at radius 3 is 2.53 bits per heavy atom. The number of nitrogens with two attached hydrogens (primary N) is 1. The van der Waals surface area contributed by atoms with E-state index < -0.39 is 23.0 Å². The largest absolute Gasteiger partial charge is 0.499 e. The van der Waals surface area contributed by atoms with Gasteiger partial charge in [0.1, 0.15) is 9.84 Å². The quantitative estimate of drug-likeness (QED) is 0.562. The van der Waals surface area contributed by atoms with Gasteiger partial charge < -0.3 is 15.8 Å². The van der Waals surface area contributed by atoms with E-state index in [0.29, 0.717) is 9.65 Å². The van der Waals surface area contributed by atoms with E-state index in [-0.39, 0.29) is 5.75 Å². The molecule has 0 bridgehead atoms. The van der Waals surface area contributed by atoms with E-state index in [1.807, 2.05) is 0 Å². The zero-order valence-corrected chi connectivity index (χ0v) is 9.75. The van der Waals surface area contributed by atoms with Crippen molar-refractivity contribution in [2.75, 3.05) is 12.0 Å². The van der Waals surface area contributed by atoms with Gasteiger partial charge in [-0.1, -0.05) is 6.07 Å². The maximum Gasteiger partial charge on any atom is 0.499 e. The molecule has 0 aliphatic rings. The minimum atomic E-state index is -3.13. The van der Waals surface area contributed by atoms with Gasteiger partial charge >= 0.3 is 7.12 Å². The molecule has 1 heterocycles. The molecule has 0 aliphatic carbocycles. The van der Waals surface area contributed by atoms with E-state index in [2.05, 4.69) is 0 Å². The third kappa shape index (κ3) is 3.92. The van der Waals surface area contributed by atoms with Crippen molar-refractivity contribution >= 4 is 33.1 Å². The zero-order chi connectivity index (χ0) is 11.6. The average molecular weight is 249 g/mol. The second-order valence-electron chi connectivity index (χ2n) is 3.31. The van der Waals surface area contributed by atoms with Crippen molar-refractivity contribution in [3.8, 4) is 0 Å². The Morgan fingerprint density at radius 2 is 2.13 bits per heavy atom. The summed E-state index contributed by atoms with van der Waals surface area (Å²) in [6.45, 7) is 0. The second kappa shape index (κ2) is 4.62. The predicted octanol–water partition coefficient (Wildman–Crippen LogP) is -1.53. The molecule has 0 saturated heterocycles. The van der Waals surface area contributed by atoms with Crippen molar-refractivity contribution < 1.29 is 18.5 Å². The zero-order valence-electron chi connectivity index (χ0n) is 8.12. The molecule has 0 radical (unpaired) electrons. The minimum Gasteiger partial charge on any atom is -0.423 e. The van der Waals surface area contributed by atoms with Crippen LogP contribution in [0.4, 0.5) is 0 Å². The minimum absolute atomic E-state index is 0.144. The first kappa shape index (κ1) is 12.7. The number of hydrogen-bond acceptors (Lipinski definition) is 6. The van der Waals surface area contributed by atoms with Crippen molar-refractivity contribution in [1.82, 2.24) is 0 Å². The van der Waals surface area contributed by atoms with Gasteiger partial charge in [0.2, 0.25) is 0 Å². The van der Waals surface area contributed by atoms with E-state index in [4.69, 9.17) is 15.8 Å². The van der Waals surface area contributed by atoms with Gasteiger partial charge in [-0.05, 0) is 6.07 Å². The van der Waals surface area contributed by atoms with Gasteiger partial charge in [-0.15, -0.1) is 11.3 Å². The molecule has 1 aromatic rings. The number of hydrogen-bond donors (Lipinski definition) is 3. The maximum absolute atomic E-state index is 11.0. The number of rotatable bonds is 4. The fraction of sp³-hybridized carbons (Fsp3) is 0.429. The highest BCUT2D eigenvalue weighted by Crippen LogP contribution is 2.16. The van der Waals surface area contributed by atoms with Crippen LogP contribution in [-0.2, 0) is 9.84 Å². The van der Waals surface area contributed by atoms with Gasteiger partial charge in [0.25, 0.3) is 0 Å². The number of thiophene rings is 1. The van der Waals surface area contributed by atoms with Crippen LogP contribution in [0.1, 0.15) is 10.9 Å². The summed E-state index contributed by atoms with van der Waals surface area (Å²) >= 11 is 1.10. The SMILES string of the molecule is CS(=O)(=O)CC(N)c1ccc(B(O)O)s1. The van der Waals surface area contributed by atoms with Crippen molar-refractivity contribution in [3.63, 3.8) is 0 Å². The van der Waals surface area contributed by atoms with Crippen molar-refractivity contribution in [2.24, 2.45) is 5.73 Å². The summed E-state index contributed by atoms with van der Waals surface area (Å²) in [4.78, 5) is 0.628. The molecule has 0 fully saturated rings. The summed E-state index contributed by atoms with van der Waals surface area (Å²) in [7, 11) is -4.66. The van der Waals surface area contributed by atoms with Crippen LogP contribution >= 0.6 is 11.3 Å². The molecule has 1 atom stereocenters. The Labute approximate surface area is 92.6 Å². The Balaban J connectivity index is 2.79. The fourth-order valence-electron chi connectivity index (χ4n) is 1.11. The average Bonchev–Trinajstić information content (AvgIpc) is 2.47. The molecule has 1 unspecified atom stereocenters. The van der Waals surface area contributed by atoms with Gasteiger partial charge in [-0.25, -0.2) is 8.42 Å². The van der Waals surface area contributed by atoms with Crippen LogP contribution in [-0.4, -0.2) is 37.6 Å². The maximum atomic E-state index is 11.0. The molecule has 1 rings (SSSR count). The molecule has 84 valence electrons. The molecule has 0 saturated carbocycles.